The first-order chi connectivity index (χ1) is 8.91. The summed E-state index contributed by atoms with van der Waals surface area (Å²) >= 11 is 0. The van der Waals surface area contributed by atoms with Gasteiger partial charge < -0.3 is 14.8 Å². The Hall–Kier alpha value is -1.10. The lowest BCUT2D eigenvalue weighted by atomic mass is 10.1. The summed E-state index contributed by atoms with van der Waals surface area (Å²) in [5, 5.41) is 2.54. The van der Waals surface area contributed by atoms with Crippen LogP contribution in [0.2, 0.25) is 0 Å². The summed E-state index contributed by atoms with van der Waals surface area (Å²) in [7, 11) is 0. The Morgan fingerprint density at radius 3 is 1.75 bits per heavy atom. The van der Waals surface area contributed by atoms with Crippen LogP contribution in [0.5, 0.6) is 0 Å². The molecule has 0 bridgehead atoms. The van der Waals surface area contributed by atoms with E-state index in [9.17, 15) is 9.59 Å². The van der Waals surface area contributed by atoms with E-state index < -0.39 is 17.6 Å². The van der Waals surface area contributed by atoms with Crippen LogP contribution in [0.4, 0.5) is 0 Å². The molecule has 0 aromatic carbocycles. The standard InChI is InChI=1S/C13H25NO4.C2H6/c1-9(15)14-10(8-17-12(2,3)4)11(16)18-13(5,6)7;1-2/h10H,8H2,1-7H3,(H,14,15);1-2H3. The van der Waals surface area contributed by atoms with Crippen molar-refractivity contribution in [2.45, 2.75) is 79.6 Å². The zero-order chi connectivity index (χ0) is 16.6. The molecular weight excluding hydrogens is 258 g/mol. The summed E-state index contributed by atoms with van der Waals surface area (Å²) in [6, 6.07) is -0.777. The van der Waals surface area contributed by atoms with Crippen molar-refractivity contribution in [3.63, 3.8) is 0 Å². The van der Waals surface area contributed by atoms with Crippen LogP contribution in [0.15, 0.2) is 0 Å². The first-order valence-corrected chi connectivity index (χ1v) is 7.04. The fraction of sp³-hybridized carbons (Fsp3) is 0.867. The second-order valence-corrected chi connectivity index (χ2v) is 6.21. The Bertz CT molecular complexity index is 300. The van der Waals surface area contributed by atoms with Crippen molar-refractivity contribution in [2.24, 2.45) is 0 Å². The van der Waals surface area contributed by atoms with Crippen molar-refractivity contribution in [1.82, 2.24) is 5.32 Å². The van der Waals surface area contributed by atoms with Gasteiger partial charge >= 0.3 is 5.97 Å². The Balaban J connectivity index is 0. The van der Waals surface area contributed by atoms with Crippen LogP contribution < -0.4 is 5.32 Å². The lowest BCUT2D eigenvalue weighted by Crippen LogP contribution is -2.47. The van der Waals surface area contributed by atoms with Gasteiger partial charge in [-0.2, -0.15) is 0 Å². The minimum absolute atomic E-state index is 0.0952. The molecule has 0 saturated carbocycles. The smallest absolute Gasteiger partial charge is 0.331 e. The lowest BCUT2D eigenvalue weighted by Gasteiger charge is -2.27. The molecule has 5 heteroatoms. The van der Waals surface area contributed by atoms with Crippen molar-refractivity contribution in [3.05, 3.63) is 0 Å². The molecule has 0 spiro atoms. The molecule has 0 aliphatic carbocycles. The van der Waals surface area contributed by atoms with Crippen LogP contribution in [-0.2, 0) is 19.1 Å². The minimum atomic E-state index is -0.777. The van der Waals surface area contributed by atoms with E-state index in [2.05, 4.69) is 5.32 Å². The summed E-state index contributed by atoms with van der Waals surface area (Å²) in [4.78, 5) is 23.0. The maximum Gasteiger partial charge on any atom is 0.331 e. The average molecular weight is 289 g/mol. The highest BCUT2D eigenvalue weighted by molar-refractivity contribution is 5.83. The van der Waals surface area contributed by atoms with Gasteiger partial charge in [-0.15, -0.1) is 0 Å². The van der Waals surface area contributed by atoms with Gasteiger partial charge in [0.2, 0.25) is 5.91 Å². The number of esters is 1. The molecule has 1 atom stereocenters. The molecule has 120 valence electrons. The third-order valence-electron chi connectivity index (χ3n) is 1.75. The predicted molar refractivity (Wildman–Crippen MR) is 80.5 cm³/mol. The van der Waals surface area contributed by atoms with Gasteiger partial charge in [0.1, 0.15) is 5.60 Å². The Labute approximate surface area is 123 Å². The van der Waals surface area contributed by atoms with Gasteiger partial charge in [0.05, 0.1) is 12.2 Å². The molecule has 20 heavy (non-hydrogen) atoms. The number of ether oxygens (including phenoxy) is 2. The van der Waals surface area contributed by atoms with Gasteiger partial charge in [-0.05, 0) is 41.5 Å². The van der Waals surface area contributed by atoms with Gasteiger partial charge in [-0.3, -0.25) is 4.79 Å². The van der Waals surface area contributed by atoms with Crippen molar-refractivity contribution < 1.29 is 19.1 Å². The number of amides is 1. The molecular formula is C15H31NO4. The molecule has 5 nitrogen and oxygen atoms in total. The molecule has 1 N–H and O–H groups in total. The second kappa shape index (κ2) is 8.95. The van der Waals surface area contributed by atoms with Crippen LogP contribution in [-0.4, -0.2) is 35.7 Å². The van der Waals surface area contributed by atoms with E-state index in [-0.39, 0.29) is 18.1 Å². The number of rotatable bonds is 4. The minimum Gasteiger partial charge on any atom is -0.458 e. The van der Waals surface area contributed by atoms with Crippen LogP contribution in [0.3, 0.4) is 0 Å². The molecule has 0 rings (SSSR count). The van der Waals surface area contributed by atoms with Crippen LogP contribution in [0.1, 0.15) is 62.3 Å². The molecule has 0 aliphatic heterocycles. The molecule has 1 unspecified atom stereocenters. The third kappa shape index (κ3) is 13.3. The monoisotopic (exact) mass is 289 g/mol. The van der Waals surface area contributed by atoms with Crippen LogP contribution in [0, 0.1) is 0 Å². The average Bonchev–Trinajstić information content (AvgIpc) is 2.22. The fourth-order valence-electron chi connectivity index (χ4n) is 1.12. The number of nitrogens with one attached hydrogen (secondary N) is 1. The summed E-state index contributed by atoms with van der Waals surface area (Å²) in [5.41, 5.74) is -0.964. The predicted octanol–water partition coefficient (Wildman–Crippen LogP) is 2.67. The molecule has 0 aromatic rings. The maximum absolute atomic E-state index is 11.9. The fourth-order valence-corrected chi connectivity index (χ4v) is 1.12. The van der Waals surface area contributed by atoms with Crippen LogP contribution >= 0.6 is 0 Å². The van der Waals surface area contributed by atoms with Crippen molar-refractivity contribution in [3.8, 4) is 0 Å². The van der Waals surface area contributed by atoms with Crippen molar-refractivity contribution >= 4 is 11.9 Å². The number of carbonyl (C=O) groups excluding carboxylic acids is 2. The number of hydrogen-bond donors (Lipinski definition) is 1. The highest BCUT2D eigenvalue weighted by atomic mass is 16.6. The Morgan fingerprint density at radius 2 is 1.45 bits per heavy atom. The summed E-state index contributed by atoms with van der Waals surface area (Å²) < 4.78 is 10.7. The van der Waals surface area contributed by atoms with E-state index in [1.165, 1.54) is 6.92 Å². The summed E-state index contributed by atoms with van der Waals surface area (Å²) in [5.74, 6) is -0.773. The zero-order valence-corrected chi connectivity index (χ0v) is 14.4. The second-order valence-electron chi connectivity index (χ2n) is 6.21. The van der Waals surface area contributed by atoms with E-state index in [1.807, 2.05) is 34.6 Å². The van der Waals surface area contributed by atoms with E-state index in [0.717, 1.165) is 0 Å². The highest BCUT2D eigenvalue weighted by Crippen LogP contribution is 2.11. The SMILES string of the molecule is CC.CC(=O)NC(COC(C)(C)C)C(=O)OC(C)(C)C. The van der Waals surface area contributed by atoms with Crippen molar-refractivity contribution in [1.29, 1.82) is 0 Å². The molecule has 1 amide bonds. The first kappa shape index (κ1) is 21.2. The van der Waals surface area contributed by atoms with Crippen LogP contribution in [0.25, 0.3) is 0 Å². The molecule has 0 radical (unpaired) electrons. The third-order valence-corrected chi connectivity index (χ3v) is 1.75. The van der Waals surface area contributed by atoms with Gasteiger partial charge in [0, 0.05) is 6.92 Å². The first-order valence-electron chi connectivity index (χ1n) is 7.04. The largest absolute Gasteiger partial charge is 0.458 e. The van der Waals surface area contributed by atoms with E-state index >= 15 is 0 Å². The van der Waals surface area contributed by atoms with Crippen molar-refractivity contribution in [2.75, 3.05) is 6.61 Å². The van der Waals surface area contributed by atoms with Gasteiger partial charge in [0.15, 0.2) is 6.04 Å². The molecule has 0 fully saturated rings. The van der Waals surface area contributed by atoms with E-state index in [1.54, 1.807) is 20.8 Å². The quantitative estimate of drug-likeness (QED) is 0.808. The summed E-state index contributed by atoms with van der Waals surface area (Å²) in [6.07, 6.45) is 0. The van der Waals surface area contributed by atoms with Gasteiger partial charge in [0.25, 0.3) is 0 Å². The number of carbonyl (C=O) groups is 2. The van der Waals surface area contributed by atoms with E-state index in [0.29, 0.717) is 0 Å². The highest BCUT2D eigenvalue weighted by Gasteiger charge is 2.27. The summed E-state index contributed by atoms with van der Waals surface area (Å²) in [6.45, 7) is 16.4. The van der Waals surface area contributed by atoms with Gasteiger partial charge in [-0.1, -0.05) is 13.8 Å². The molecule has 0 aromatic heterocycles. The Morgan fingerprint density at radius 1 is 1.00 bits per heavy atom. The Kier molecular flexibility index (Phi) is 9.49. The zero-order valence-electron chi connectivity index (χ0n) is 14.4. The van der Waals surface area contributed by atoms with Gasteiger partial charge in [-0.25, -0.2) is 4.79 Å². The van der Waals surface area contributed by atoms with E-state index in [4.69, 9.17) is 9.47 Å². The maximum atomic E-state index is 11.9. The topological polar surface area (TPSA) is 64.6 Å². The molecule has 0 saturated heterocycles. The molecule has 0 heterocycles. The molecule has 0 aliphatic rings. The lowest BCUT2D eigenvalue weighted by molar-refractivity contribution is -0.161. The number of hydrogen-bond acceptors (Lipinski definition) is 4. The normalized spacial score (nSPS) is 12.8.